The Balaban J connectivity index is 1.01. The molecule has 2 amide bonds. The molecule has 0 unspecified atom stereocenters. The number of aromatic nitrogens is 1. The quantitative estimate of drug-likeness (QED) is 0.131. The second-order valence-corrected chi connectivity index (χ2v) is 12.0. The van der Waals surface area contributed by atoms with Crippen LogP contribution in [0.4, 0.5) is 5.69 Å². The summed E-state index contributed by atoms with van der Waals surface area (Å²) < 4.78 is 6.12. The largest absolute Gasteiger partial charge is 0.450 e. The van der Waals surface area contributed by atoms with Gasteiger partial charge in [-0.2, -0.15) is 5.26 Å². The Morgan fingerprint density at radius 2 is 1.60 bits per heavy atom. The molecule has 2 N–H and O–H groups in total. The van der Waals surface area contributed by atoms with Crippen molar-refractivity contribution >= 4 is 39.4 Å². The van der Waals surface area contributed by atoms with Crippen LogP contribution in [0.15, 0.2) is 108 Å². The number of amides is 2. The number of benzene rings is 4. The van der Waals surface area contributed by atoms with Crippen molar-refractivity contribution in [2.24, 2.45) is 0 Å². The molecule has 0 bridgehead atoms. The van der Waals surface area contributed by atoms with Crippen LogP contribution < -0.4 is 10.2 Å². The lowest BCUT2D eigenvalue weighted by Gasteiger charge is -2.36. The van der Waals surface area contributed by atoms with Crippen LogP contribution in [0, 0.1) is 11.3 Å². The minimum absolute atomic E-state index is 0.121. The zero-order valence-electron chi connectivity index (χ0n) is 26.0. The lowest BCUT2D eigenvalue weighted by atomic mass is 10.0. The van der Waals surface area contributed by atoms with Gasteiger partial charge in [-0.3, -0.25) is 19.8 Å². The predicted octanol–water partition coefficient (Wildman–Crippen LogP) is 7.17. The molecule has 3 heterocycles. The monoisotopic (exact) mass is 621 g/mol. The number of rotatable bonds is 9. The van der Waals surface area contributed by atoms with E-state index < -0.39 is 11.8 Å². The highest BCUT2D eigenvalue weighted by molar-refractivity contribution is 6.15. The van der Waals surface area contributed by atoms with E-state index in [1.165, 1.54) is 5.56 Å². The van der Waals surface area contributed by atoms with Gasteiger partial charge < -0.3 is 14.3 Å². The topological polar surface area (TPSA) is 105 Å². The first-order valence-corrected chi connectivity index (χ1v) is 16.1. The van der Waals surface area contributed by atoms with Gasteiger partial charge in [-0.25, -0.2) is 0 Å². The third-order valence-corrected chi connectivity index (χ3v) is 9.01. The molecule has 8 heteroatoms. The highest BCUT2D eigenvalue weighted by Gasteiger charge is 2.25. The molecule has 7 rings (SSSR count). The highest BCUT2D eigenvalue weighted by Crippen LogP contribution is 2.37. The van der Waals surface area contributed by atoms with Crippen molar-refractivity contribution in [2.45, 2.75) is 19.3 Å². The second-order valence-electron chi connectivity index (χ2n) is 12.0. The minimum Gasteiger partial charge on any atom is -0.450 e. The van der Waals surface area contributed by atoms with E-state index in [2.05, 4.69) is 38.4 Å². The summed E-state index contributed by atoms with van der Waals surface area (Å²) in [5, 5.41) is 13.8. The first kappa shape index (κ1) is 30.0. The van der Waals surface area contributed by atoms with Crippen LogP contribution in [0.1, 0.15) is 44.9 Å². The number of fused-ring (bicyclic) bond motifs is 2. The Hall–Kier alpha value is -5.65. The molecule has 234 valence electrons. The fourth-order valence-electron chi connectivity index (χ4n) is 6.49. The van der Waals surface area contributed by atoms with E-state index >= 15 is 0 Å². The zero-order chi connectivity index (χ0) is 32.2. The number of aryl methyl sites for hydroxylation is 1. The predicted molar refractivity (Wildman–Crippen MR) is 184 cm³/mol. The van der Waals surface area contributed by atoms with E-state index in [1.54, 1.807) is 24.3 Å². The molecule has 0 spiro atoms. The number of nitriles is 1. The van der Waals surface area contributed by atoms with Crippen molar-refractivity contribution in [1.29, 1.82) is 5.26 Å². The van der Waals surface area contributed by atoms with Gasteiger partial charge >= 0.3 is 0 Å². The van der Waals surface area contributed by atoms with Gasteiger partial charge in [-0.05, 0) is 85.5 Å². The molecule has 6 aromatic rings. The van der Waals surface area contributed by atoms with Crippen molar-refractivity contribution < 1.29 is 14.0 Å². The minimum atomic E-state index is -0.569. The van der Waals surface area contributed by atoms with E-state index in [9.17, 15) is 14.9 Å². The number of nitrogens with zero attached hydrogens (tertiary/aromatic N) is 3. The summed E-state index contributed by atoms with van der Waals surface area (Å²) in [6.07, 6.45) is 5.27. The number of hydrogen-bond acceptors (Lipinski definition) is 6. The molecule has 8 nitrogen and oxygen atoms in total. The molecule has 0 saturated carbocycles. The zero-order valence-corrected chi connectivity index (χ0v) is 26.0. The lowest BCUT2D eigenvalue weighted by molar-refractivity contribution is 0.0834. The van der Waals surface area contributed by atoms with Crippen molar-refractivity contribution in [2.75, 3.05) is 37.6 Å². The van der Waals surface area contributed by atoms with Crippen molar-refractivity contribution in [3.05, 3.63) is 126 Å². The number of aromatic amines is 1. The number of hydrogen-bond donors (Lipinski definition) is 2. The van der Waals surface area contributed by atoms with Crippen molar-refractivity contribution in [1.82, 2.24) is 15.2 Å². The van der Waals surface area contributed by atoms with E-state index in [-0.39, 0.29) is 5.76 Å². The number of carbonyl (C=O) groups excluding carboxylic acids is 2. The molecule has 1 aliphatic rings. The lowest BCUT2D eigenvalue weighted by Crippen LogP contribution is -2.46. The molecule has 47 heavy (non-hydrogen) atoms. The molecule has 4 aromatic carbocycles. The Labute approximate surface area is 273 Å². The van der Waals surface area contributed by atoms with Gasteiger partial charge in [0.2, 0.25) is 5.76 Å². The maximum Gasteiger partial charge on any atom is 0.294 e. The summed E-state index contributed by atoms with van der Waals surface area (Å²) in [6.45, 7) is 4.81. The third-order valence-electron chi connectivity index (χ3n) is 9.01. The standard InChI is InChI=1S/C39H35N5O3/c40-25-27-14-16-34-32(23-27)30(26-41-34)13-7-8-18-43-19-21-44(22-20-43)31-15-17-35-33(24-31)36(28-9-3-1-4-10-28)37(47-35)39(46)42-38(45)29-11-5-2-6-12-29/h1-6,9-12,14-17,23-24,26,41H,7-8,13,18-22H2,(H,42,45,46). The van der Waals surface area contributed by atoms with Gasteiger partial charge in [0.05, 0.1) is 11.6 Å². The summed E-state index contributed by atoms with van der Waals surface area (Å²) in [7, 11) is 0. The Morgan fingerprint density at radius 1 is 0.830 bits per heavy atom. The number of nitrogens with one attached hydrogen (secondary N) is 2. The maximum atomic E-state index is 13.4. The van der Waals surface area contributed by atoms with E-state index in [0.717, 1.165) is 79.5 Å². The normalized spacial score (nSPS) is 13.6. The van der Waals surface area contributed by atoms with Gasteiger partial charge in [0, 0.05) is 65.5 Å². The van der Waals surface area contributed by atoms with Crippen LogP contribution in [-0.4, -0.2) is 54.4 Å². The molecule has 0 radical (unpaired) electrons. The van der Waals surface area contributed by atoms with E-state index in [4.69, 9.17) is 4.42 Å². The van der Waals surface area contributed by atoms with Crippen LogP contribution in [0.5, 0.6) is 0 Å². The number of furan rings is 1. The Bertz CT molecular complexity index is 2080. The smallest absolute Gasteiger partial charge is 0.294 e. The average molecular weight is 622 g/mol. The van der Waals surface area contributed by atoms with Gasteiger partial charge in [0.1, 0.15) is 5.58 Å². The second kappa shape index (κ2) is 13.4. The summed E-state index contributed by atoms with van der Waals surface area (Å²) in [4.78, 5) is 34.4. The summed E-state index contributed by atoms with van der Waals surface area (Å²) in [6, 6.07) is 32.5. The van der Waals surface area contributed by atoms with Crippen LogP contribution in [-0.2, 0) is 6.42 Å². The Kier molecular flexibility index (Phi) is 8.54. The van der Waals surface area contributed by atoms with Gasteiger partial charge in [-0.1, -0.05) is 48.5 Å². The fourth-order valence-corrected chi connectivity index (χ4v) is 6.49. The third kappa shape index (κ3) is 6.39. The molecule has 2 aromatic heterocycles. The van der Waals surface area contributed by atoms with Crippen LogP contribution in [0.25, 0.3) is 33.0 Å². The molecular formula is C39H35N5O3. The first-order chi connectivity index (χ1) is 23.1. The number of unbranched alkanes of at least 4 members (excludes halogenated alkanes) is 1. The van der Waals surface area contributed by atoms with E-state index in [1.807, 2.05) is 66.7 Å². The number of imide groups is 1. The average Bonchev–Trinajstić information content (AvgIpc) is 3.72. The number of carbonyl (C=O) groups is 2. The molecule has 1 aliphatic heterocycles. The van der Waals surface area contributed by atoms with Crippen LogP contribution >= 0.6 is 0 Å². The Morgan fingerprint density at radius 3 is 2.36 bits per heavy atom. The molecular weight excluding hydrogens is 586 g/mol. The van der Waals surface area contributed by atoms with Gasteiger partial charge in [-0.15, -0.1) is 0 Å². The highest BCUT2D eigenvalue weighted by atomic mass is 16.3. The maximum absolute atomic E-state index is 13.4. The number of H-pyrrole nitrogens is 1. The number of piperazine rings is 1. The van der Waals surface area contributed by atoms with Crippen molar-refractivity contribution in [3.63, 3.8) is 0 Å². The van der Waals surface area contributed by atoms with Crippen LogP contribution in [0.2, 0.25) is 0 Å². The van der Waals surface area contributed by atoms with Crippen molar-refractivity contribution in [3.8, 4) is 17.2 Å². The summed E-state index contributed by atoms with van der Waals surface area (Å²) in [5.74, 6) is -0.919. The molecule has 1 saturated heterocycles. The van der Waals surface area contributed by atoms with E-state index in [0.29, 0.717) is 22.3 Å². The number of anilines is 1. The molecule has 0 atom stereocenters. The first-order valence-electron chi connectivity index (χ1n) is 16.1. The van der Waals surface area contributed by atoms with Gasteiger partial charge in [0.25, 0.3) is 11.8 Å². The summed E-state index contributed by atoms with van der Waals surface area (Å²) in [5.41, 5.74) is 6.67. The van der Waals surface area contributed by atoms with Crippen LogP contribution in [0.3, 0.4) is 0 Å². The SMILES string of the molecule is N#Cc1ccc2[nH]cc(CCCCN3CCN(c4ccc5oc(C(=O)NC(=O)c6ccccc6)c(-c6ccccc6)c5c4)CC3)c2c1. The summed E-state index contributed by atoms with van der Waals surface area (Å²) >= 11 is 0. The molecule has 1 fully saturated rings. The van der Waals surface area contributed by atoms with Gasteiger partial charge in [0.15, 0.2) is 0 Å². The fraction of sp³-hybridized carbons (Fsp3) is 0.205. The molecule has 0 aliphatic carbocycles.